The normalized spacial score (nSPS) is 22.6. The second-order valence-electron chi connectivity index (χ2n) is 8.26. The van der Waals surface area contributed by atoms with Gasteiger partial charge < -0.3 is 15.4 Å². The average Bonchev–Trinajstić information content (AvgIpc) is 2.95. The number of allylic oxidation sites excluding steroid dienone is 1. The molecule has 0 saturated heterocycles. The Morgan fingerprint density at radius 3 is 2.48 bits per heavy atom. The van der Waals surface area contributed by atoms with Gasteiger partial charge in [0, 0.05) is 11.3 Å². The Morgan fingerprint density at radius 1 is 0.968 bits per heavy atom. The minimum Gasteiger partial charge on any atom is -0.468 e. The second-order valence-corrected chi connectivity index (χ2v) is 8.26. The third-order valence-corrected chi connectivity index (χ3v) is 6.36. The van der Waals surface area contributed by atoms with E-state index < -0.39 is 11.9 Å². The van der Waals surface area contributed by atoms with Gasteiger partial charge in [-0.2, -0.15) is 0 Å². The summed E-state index contributed by atoms with van der Waals surface area (Å²) >= 11 is 0. The summed E-state index contributed by atoms with van der Waals surface area (Å²) in [4.78, 5) is 26.3. The highest BCUT2D eigenvalue weighted by Gasteiger charge is 2.44. The van der Waals surface area contributed by atoms with Crippen molar-refractivity contribution in [2.75, 3.05) is 17.7 Å². The summed E-state index contributed by atoms with van der Waals surface area (Å²) in [7, 11) is 1.34. The van der Waals surface area contributed by atoms with Gasteiger partial charge in [-0.1, -0.05) is 61.5 Å². The lowest BCUT2D eigenvalue weighted by molar-refractivity contribution is -0.151. The first-order valence-electron chi connectivity index (χ1n) is 10.5. The first-order chi connectivity index (χ1) is 15.1. The summed E-state index contributed by atoms with van der Waals surface area (Å²) in [6, 6.07) is 21.9. The fourth-order valence-corrected chi connectivity index (χ4v) is 4.87. The molecule has 1 aliphatic heterocycles. The molecular weight excluding hydrogens is 388 g/mol. The molecule has 1 heterocycles. The van der Waals surface area contributed by atoms with Crippen LogP contribution in [0.25, 0.3) is 10.8 Å². The zero-order valence-electron chi connectivity index (χ0n) is 17.5. The van der Waals surface area contributed by atoms with Crippen molar-refractivity contribution < 1.29 is 14.3 Å². The zero-order valence-corrected chi connectivity index (χ0v) is 17.5. The van der Waals surface area contributed by atoms with Gasteiger partial charge in [0.1, 0.15) is 5.92 Å². The number of hydrogen-bond acceptors (Lipinski definition) is 5. The molecule has 0 unspecified atom stereocenters. The van der Waals surface area contributed by atoms with Crippen LogP contribution in [0.5, 0.6) is 0 Å². The van der Waals surface area contributed by atoms with E-state index in [-0.39, 0.29) is 17.7 Å². The molecule has 0 radical (unpaired) electrons. The van der Waals surface area contributed by atoms with Crippen LogP contribution in [0.1, 0.15) is 24.9 Å². The molecule has 156 valence electrons. The minimum atomic E-state index is -0.800. The van der Waals surface area contributed by atoms with E-state index in [0.717, 1.165) is 33.4 Å². The van der Waals surface area contributed by atoms with Crippen molar-refractivity contribution in [3.8, 4) is 0 Å². The van der Waals surface area contributed by atoms with Crippen LogP contribution in [-0.2, 0) is 14.3 Å². The Hall–Kier alpha value is -3.60. The van der Waals surface area contributed by atoms with Gasteiger partial charge in [-0.25, -0.2) is 0 Å². The third kappa shape index (κ3) is 3.17. The molecule has 2 N–H and O–H groups in total. The Balaban J connectivity index is 1.74. The molecule has 1 aliphatic carbocycles. The first-order valence-corrected chi connectivity index (χ1v) is 10.5. The number of nitrogens with one attached hydrogen (secondary N) is 2. The molecule has 5 heteroatoms. The summed E-state index contributed by atoms with van der Waals surface area (Å²) < 4.78 is 4.99. The van der Waals surface area contributed by atoms with E-state index >= 15 is 0 Å². The Bertz CT molecular complexity index is 1220. The fraction of sp³-hybridized carbons (Fsp3) is 0.231. The highest BCUT2D eigenvalue weighted by Crippen LogP contribution is 2.44. The van der Waals surface area contributed by atoms with E-state index in [1.165, 1.54) is 7.11 Å². The summed E-state index contributed by atoms with van der Waals surface area (Å²) in [6.07, 6.45) is 0.595. The molecular formula is C26H24N2O3. The van der Waals surface area contributed by atoms with Gasteiger partial charge in [0.15, 0.2) is 5.78 Å². The Kier molecular flexibility index (Phi) is 4.74. The van der Waals surface area contributed by atoms with E-state index in [4.69, 9.17) is 4.74 Å². The van der Waals surface area contributed by atoms with Crippen LogP contribution in [0.4, 0.5) is 11.4 Å². The van der Waals surface area contributed by atoms with Crippen molar-refractivity contribution in [1.82, 2.24) is 0 Å². The van der Waals surface area contributed by atoms with Crippen molar-refractivity contribution in [2.45, 2.75) is 19.4 Å². The average molecular weight is 412 g/mol. The molecule has 3 aromatic rings. The molecule has 3 atom stereocenters. The number of anilines is 2. The first kappa shape index (κ1) is 19.4. The van der Waals surface area contributed by atoms with Gasteiger partial charge >= 0.3 is 5.97 Å². The third-order valence-electron chi connectivity index (χ3n) is 6.36. The second kappa shape index (κ2) is 7.58. The molecule has 0 amide bonds. The molecule has 0 saturated carbocycles. The SMILES string of the molecule is COC(=O)[C@H]1C(=O)C2=C(C[C@H]1C)Nc1ccccc1N[C@H]2c1cccc2ccccc12. The van der Waals surface area contributed by atoms with Crippen molar-refractivity contribution in [3.63, 3.8) is 0 Å². The number of carbonyl (C=O) groups excluding carboxylic acids is 2. The molecule has 5 rings (SSSR count). The predicted molar refractivity (Wildman–Crippen MR) is 122 cm³/mol. The number of methoxy groups -OCH3 is 1. The van der Waals surface area contributed by atoms with E-state index in [1.807, 2.05) is 49.4 Å². The summed E-state index contributed by atoms with van der Waals surface area (Å²) in [6.45, 7) is 1.93. The van der Waals surface area contributed by atoms with Crippen LogP contribution in [0.2, 0.25) is 0 Å². The number of carbonyl (C=O) groups is 2. The number of para-hydroxylation sites is 2. The van der Waals surface area contributed by atoms with E-state index in [1.54, 1.807) is 0 Å². The fourth-order valence-electron chi connectivity index (χ4n) is 4.87. The highest BCUT2D eigenvalue weighted by molar-refractivity contribution is 6.12. The molecule has 0 bridgehead atoms. The minimum absolute atomic E-state index is 0.148. The van der Waals surface area contributed by atoms with Crippen LogP contribution >= 0.6 is 0 Å². The molecule has 5 nitrogen and oxygen atoms in total. The Labute approximate surface area is 181 Å². The monoisotopic (exact) mass is 412 g/mol. The largest absolute Gasteiger partial charge is 0.468 e. The zero-order chi connectivity index (χ0) is 21.5. The quantitative estimate of drug-likeness (QED) is 0.454. The number of esters is 1. The van der Waals surface area contributed by atoms with Gasteiger partial charge in [-0.15, -0.1) is 0 Å². The number of ketones is 1. The lowest BCUT2D eigenvalue weighted by atomic mass is 9.74. The number of benzene rings is 3. The molecule has 0 fully saturated rings. The van der Waals surface area contributed by atoms with E-state index in [0.29, 0.717) is 12.0 Å². The van der Waals surface area contributed by atoms with Crippen LogP contribution in [-0.4, -0.2) is 18.9 Å². The number of ether oxygens (including phenoxy) is 1. The maximum Gasteiger partial charge on any atom is 0.316 e. The molecule has 3 aromatic carbocycles. The summed E-state index contributed by atoms with van der Waals surface area (Å²) in [5, 5.41) is 9.27. The van der Waals surface area contributed by atoms with Crippen molar-refractivity contribution >= 4 is 33.9 Å². The summed E-state index contributed by atoms with van der Waals surface area (Å²) in [5.41, 5.74) is 4.34. The molecule has 2 aliphatic rings. The standard InChI is InChI=1S/C26H24N2O3/c1-15-14-21-23(25(29)22(15)26(30)31-2)24(28-20-13-6-5-12-19(20)27-21)18-11-7-9-16-8-3-4-10-17(16)18/h3-13,15,22,24,27-28H,14H2,1-2H3/t15-,22-,24+/m1/s1. The lowest BCUT2D eigenvalue weighted by Gasteiger charge is -2.32. The predicted octanol–water partition coefficient (Wildman–Crippen LogP) is 5.07. The summed E-state index contributed by atoms with van der Waals surface area (Å²) in [5.74, 6) is -1.59. The number of Topliss-reactive ketones (excluding diaryl/α,β-unsaturated/α-hetero) is 1. The molecule has 31 heavy (non-hydrogen) atoms. The highest BCUT2D eigenvalue weighted by atomic mass is 16.5. The Morgan fingerprint density at radius 2 is 1.68 bits per heavy atom. The number of hydrogen-bond donors (Lipinski definition) is 2. The van der Waals surface area contributed by atoms with Gasteiger partial charge in [-0.3, -0.25) is 9.59 Å². The van der Waals surface area contributed by atoms with Crippen LogP contribution in [0.3, 0.4) is 0 Å². The van der Waals surface area contributed by atoms with Gasteiger partial charge in [0.05, 0.1) is 24.5 Å². The van der Waals surface area contributed by atoms with Gasteiger partial charge in [0.25, 0.3) is 0 Å². The van der Waals surface area contributed by atoms with E-state index in [2.05, 4.69) is 34.9 Å². The number of rotatable bonds is 2. The maximum atomic E-state index is 13.8. The van der Waals surface area contributed by atoms with Crippen molar-refractivity contribution in [1.29, 1.82) is 0 Å². The van der Waals surface area contributed by atoms with Gasteiger partial charge in [0.2, 0.25) is 0 Å². The number of fused-ring (bicyclic) bond motifs is 2. The van der Waals surface area contributed by atoms with Crippen molar-refractivity contribution in [2.24, 2.45) is 11.8 Å². The molecule has 0 spiro atoms. The molecule has 0 aromatic heterocycles. The van der Waals surface area contributed by atoms with Crippen LogP contribution < -0.4 is 10.6 Å². The smallest absolute Gasteiger partial charge is 0.316 e. The topological polar surface area (TPSA) is 67.4 Å². The van der Waals surface area contributed by atoms with Crippen LogP contribution in [0, 0.1) is 11.8 Å². The van der Waals surface area contributed by atoms with E-state index in [9.17, 15) is 9.59 Å². The lowest BCUT2D eigenvalue weighted by Crippen LogP contribution is -2.39. The van der Waals surface area contributed by atoms with Crippen molar-refractivity contribution in [3.05, 3.63) is 83.6 Å². The maximum absolute atomic E-state index is 13.8. The van der Waals surface area contributed by atoms with Gasteiger partial charge in [-0.05, 0) is 40.8 Å². The van der Waals surface area contributed by atoms with Crippen LogP contribution in [0.15, 0.2) is 78.0 Å².